The third-order valence-corrected chi connectivity index (χ3v) is 4.56. The van der Waals surface area contributed by atoms with E-state index in [2.05, 4.69) is 4.98 Å². The Morgan fingerprint density at radius 2 is 1.93 bits per heavy atom. The maximum atomic E-state index is 12.6. The molecule has 3 rings (SSSR count). The van der Waals surface area contributed by atoms with Gasteiger partial charge in [0.25, 0.3) is 5.91 Å². The number of ether oxygens (including phenoxy) is 1. The normalized spacial score (nSPS) is 20.4. The van der Waals surface area contributed by atoms with Gasteiger partial charge in [-0.15, -0.1) is 0 Å². The number of carbonyl (C=O) groups is 1. The fourth-order valence-electron chi connectivity index (χ4n) is 3.07. The van der Waals surface area contributed by atoms with Crippen LogP contribution in [0.4, 0.5) is 13.2 Å². The van der Waals surface area contributed by atoms with E-state index in [-0.39, 0.29) is 23.9 Å². The zero-order chi connectivity index (χ0) is 19.6. The Kier molecular flexibility index (Phi) is 5.36. The van der Waals surface area contributed by atoms with Crippen molar-refractivity contribution in [3.05, 3.63) is 53.7 Å². The fourth-order valence-corrected chi connectivity index (χ4v) is 3.07. The van der Waals surface area contributed by atoms with E-state index in [9.17, 15) is 18.0 Å². The lowest BCUT2D eigenvalue weighted by molar-refractivity contribution is -0.137. The van der Waals surface area contributed by atoms with Gasteiger partial charge in [0.2, 0.25) is 5.88 Å². The standard InChI is InChI=1S/C19H20F3N3O2/c1-12-10-15(23)8-9-25(12)18(26)13-2-5-16(6-3-13)27-17-7-4-14(11-24-17)19(20,21)22/h2-7,11-12,15H,8-10,23H2,1H3/t12-,15+/m1/s1. The van der Waals surface area contributed by atoms with Crippen molar-refractivity contribution in [1.82, 2.24) is 9.88 Å². The monoisotopic (exact) mass is 379 g/mol. The molecule has 0 spiro atoms. The van der Waals surface area contributed by atoms with Crippen LogP contribution in [0.1, 0.15) is 35.7 Å². The van der Waals surface area contributed by atoms with Crippen molar-refractivity contribution >= 4 is 5.91 Å². The Bertz CT molecular complexity index is 791. The molecule has 0 unspecified atom stereocenters. The lowest BCUT2D eigenvalue weighted by atomic mass is 9.98. The summed E-state index contributed by atoms with van der Waals surface area (Å²) >= 11 is 0. The van der Waals surface area contributed by atoms with E-state index in [4.69, 9.17) is 10.5 Å². The molecule has 144 valence electrons. The van der Waals surface area contributed by atoms with Crippen molar-refractivity contribution in [2.45, 2.75) is 38.0 Å². The minimum atomic E-state index is -4.44. The van der Waals surface area contributed by atoms with Gasteiger partial charge >= 0.3 is 6.18 Å². The first-order valence-corrected chi connectivity index (χ1v) is 8.62. The number of hydrogen-bond acceptors (Lipinski definition) is 4. The fraction of sp³-hybridized carbons (Fsp3) is 0.368. The second-order valence-corrected chi connectivity index (χ2v) is 6.64. The van der Waals surface area contributed by atoms with E-state index >= 15 is 0 Å². The zero-order valence-electron chi connectivity index (χ0n) is 14.7. The molecule has 0 saturated carbocycles. The minimum absolute atomic E-state index is 0.0423. The van der Waals surface area contributed by atoms with Gasteiger partial charge in [-0.25, -0.2) is 4.98 Å². The first-order valence-electron chi connectivity index (χ1n) is 8.62. The Balaban J connectivity index is 1.66. The van der Waals surface area contributed by atoms with Crippen LogP contribution in [0.5, 0.6) is 11.6 Å². The molecular formula is C19H20F3N3O2. The molecule has 1 amide bonds. The number of nitrogens with two attached hydrogens (primary N) is 1. The third kappa shape index (κ3) is 4.57. The summed E-state index contributed by atoms with van der Waals surface area (Å²) in [5, 5.41) is 0. The molecule has 2 N–H and O–H groups in total. The third-order valence-electron chi connectivity index (χ3n) is 4.56. The van der Waals surface area contributed by atoms with E-state index in [1.54, 1.807) is 29.2 Å². The first-order chi connectivity index (χ1) is 12.7. The molecule has 1 aromatic carbocycles. The number of nitrogens with zero attached hydrogens (tertiary/aromatic N) is 2. The van der Waals surface area contributed by atoms with E-state index in [0.717, 1.165) is 31.2 Å². The topological polar surface area (TPSA) is 68.5 Å². The summed E-state index contributed by atoms with van der Waals surface area (Å²) in [6.07, 6.45) is -2.18. The number of rotatable bonds is 3. The Hall–Kier alpha value is -2.61. The average Bonchev–Trinajstić information content (AvgIpc) is 2.61. The molecule has 1 aliphatic heterocycles. The summed E-state index contributed by atoms with van der Waals surface area (Å²) in [5.41, 5.74) is 5.61. The number of aromatic nitrogens is 1. The summed E-state index contributed by atoms with van der Waals surface area (Å²) in [5.74, 6) is 0.349. The van der Waals surface area contributed by atoms with Crippen LogP contribution in [0.25, 0.3) is 0 Å². The Morgan fingerprint density at radius 1 is 1.22 bits per heavy atom. The molecule has 27 heavy (non-hydrogen) atoms. The molecule has 5 nitrogen and oxygen atoms in total. The van der Waals surface area contributed by atoms with Crippen LogP contribution in [0.3, 0.4) is 0 Å². The van der Waals surface area contributed by atoms with Gasteiger partial charge in [-0.05, 0) is 50.1 Å². The molecule has 1 aliphatic rings. The van der Waals surface area contributed by atoms with Crippen LogP contribution in [-0.2, 0) is 6.18 Å². The van der Waals surface area contributed by atoms with Crippen LogP contribution < -0.4 is 10.5 Å². The summed E-state index contributed by atoms with van der Waals surface area (Å²) in [4.78, 5) is 18.1. The summed E-state index contributed by atoms with van der Waals surface area (Å²) in [6, 6.07) is 8.69. The minimum Gasteiger partial charge on any atom is -0.439 e. The number of carbonyl (C=O) groups excluding carboxylic acids is 1. The van der Waals surface area contributed by atoms with E-state index < -0.39 is 11.7 Å². The number of alkyl halides is 3. The van der Waals surface area contributed by atoms with Crippen molar-refractivity contribution in [2.24, 2.45) is 5.73 Å². The van der Waals surface area contributed by atoms with Gasteiger partial charge in [-0.3, -0.25) is 4.79 Å². The Morgan fingerprint density at radius 3 is 2.48 bits per heavy atom. The van der Waals surface area contributed by atoms with Gasteiger partial charge in [0.05, 0.1) is 5.56 Å². The average molecular weight is 379 g/mol. The van der Waals surface area contributed by atoms with Gasteiger partial charge < -0.3 is 15.4 Å². The summed E-state index contributed by atoms with van der Waals surface area (Å²) in [7, 11) is 0. The maximum Gasteiger partial charge on any atom is 0.417 e. The molecule has 0 bridgehead atoms. The first kappa shape index (κ1) is 19.2. The number of benzene rings is 1. The predicted octanol–water partition coefficient (Wildman–Crippen LogP) is 3.84. The van der Waals surface area contributed by atoms with Gasteiger partial charge in [0, 0.05) is 36.5 Å². The number of hydrogen-bond donors (Lipinski definition) is 1. The maximum absolute atomic E-state index is 12.6. The number of likely N-dealkylation sites (tertiary alicyclic amines) is 1. The lowest BCUT2D eigenvalue weighted by Gasteiger charge is -2.36. The van der Waals surface area contributed by atoms with Crippen LogP contribution in [0.15, 0.2) is 42.6 Å². The van der Waals surface area contributed by atoms with Crippen molar-refractivity contribution in [3.63, 3.8) is 0 Å². The molecule has 2 atom stereocenters. The van der Waals surface area contributed by atoms with E-state index in [1.165, 1.54) is 0 Å². The van der Waals surface area contributed by atoms with Crippen LogP contribution >= 0.6 is 0 Å². The second-order valence-electron chi connectivity index (χ2n) is 6.64. The highest BCUT2D eigenvalue weighted by Gasteiger charge is 2.31. The van der Waals surface area contributed by atoms with E-state index in [1.807, 2.05) is 6.92 Å². The molecule has 0 radical (unpaired) electrons. The quantitative estimate of drug-likeness (QED) is 0.880. The molecule has 1 saturated heterocycles. The molecule has 8 heteroatoms. The van der Waals surface area contributed by atoms with Crippen LogP contribution in [0, 0.1) is 0 Å². The highest BCUT2D eigenvalue weighted by atomic mass is 19.4. The van der Waals surface area contributed by atoms with Crippen LogP contribution in [-0.4, -0.2) is 34.4 Å². The number of piperidine rings is 1. The molecule has 2 heterocycles. The highest BCUT2D eigenvalue weighted by molar-refractivity contribution is 5.94. The summed E-state index contributed by atoms with van der Waals surface area (Å²) in [6.45, 7) is 2.60. The van der Waals surface area contributed by atoms with Gasteiger partial charge in [-0.1, -0.05) is 0 Å². The number of pyridine rings is 1. The Labute approximate surface area is 154 Å². The van der Waals surface area contributed by atoms with Crippen molar-refractivity contribution in [1.29, 1.82) is 0 Å². The second kappa shape index (κ2) is 7.56. The molecule has 1 aromatic heterocycles. The number of amides is 1. The van der Waals surface area contributed by atoms with Crippen LogP contribution in [0.2, 0.25) is 0 Å². The summed E-state index contributed by atoms with van der Waals surface area (Å²) < 4.78 is 43.1. The largest absolute Gasteiger partial charge is 0.439 e. The SMILES string of the molecule is C[C@@H]1C[C@@H](N)CCN1C(=O)c1ccc(Oc2ccc(C(F)(F)F)cn2)cc1. The molecule has 0 aliphatic carbocycles. The molecule has 2 aromatic rings. The molecule has 1 fully saturated rings. The van der Waals surface area contributed by atoms with Crippen molar-refractivity contribution in [3.8, 4) is 11.6 Å². The van der Waals surface area contributed by atoms with E-state index in [0.29, 0.717) is 17.9 Å². The smallest absolute Gasteiger partial charge is 0.417 e. The van der Waals surface area contributed by atoms with Crippen molar-refractivity contribution in [2.75, 3.05) is 6.54 Å². The highest BCUT2D eigenvalue weighted by Crippen LogP contribution is 2.30. The van der Waals surface area contributed by atoms with Gasteiger partial charge in [0.15, 0.2) is 0 Å². The molecular weight excluding hydrogens is 359 g/mol. The lowest BCUT2D eigenvalue weighted by Crippen LogP contribution is -2.48. The van der Waals surface area contributed by atoms with Gasteiger partial charge in [-0.2, -0.15) is 13.2 Å². The van der Waals surface area contributed by atoms with Crippen molar-refractivity contribution < 1.29 is 22.7 Å². The number of halogens is 3. The zero-order valence-corrected chi connectivity index (χ0v) is 14.7. The van der Waals surface area contributed by atoms with Gasteiger partial charge in [0.1, 0.15) is 5.75 Å². The predicted molar refractivity (Wildman–Crippen MR) is 93.5 cm³/mol.